The Bertz CT molecular complexity index is 588. The number of carbonyl (C=O) groups is 1. The maximum Gasteiger partial charge on any atom is 0.224 e. The van der Waals surface area contributed by atoms with Crippen LogP contribution in [0.2, 0.25) is 0 Å². The number of hydrogen-bond donors (Lipinski definition) is 2. The molecule has 2 N–H and O–H groups in total. The molecule has 26 heavy (non-hydrogen) atoms. The lowest BCUT2D eigenvalue weighted by Gasteiger charge is -2.39. The molecule has 3 aliphatic rings. The van der Waals surface area contributed by atoms with Gasteiger partial charge >= 0.3 is 0 Å². The van der Waals surface area contributed by atoms with E-state index in [1.165, 1.54) is 5.69 Å². The Hall–Kier alpha value is -1.44. The molecule has 144 valence electrons. The average Bonchev–Trinajstić information content (AvgIpc) is 2.96. The van der Waals surface area contributed by atoms with Crippen LogP contribution in [0.1, 0.15) is 43.5 Å². The summed E-state index contributed by atoms with van der Waals surface area (Å²) in [4.78, 5) is 15.2. The van der Waals surface area contributed by atoms with Gasteiger partial charge in [-0.25, -0.2) is 0 Å². The average molecular weight is 361 g/mol. The standard InChI is InChI=1S/C19H31N5O2/c25-19(15-3-1-7-23(14-15)17-4-9-26-10-5-17)21-12-16-11-18-13-20-6-2-8-24(18)22-16/h11,15,17,20H,1-10,12-14H2,(H,21,25)/t15-/m1/s1. The van der Waals surface area contributed by atoms with E-state index in [9.17, 15) is 4.79 Å². The molecule has 0 spiro atoms. The third-order valence-electron chi connectivity index (χ3n) is 5.92. The van der Waals surface area contributed by atoms with Gasteiger partial charge in [-0.3, -0.25) is 14.4 Å². The van der Waals surface area contributed by atoms with Crippen LogP contribution in [0.5, 0.6) is 0 Å². The van der Waals surface area contributed by atoms with Crippen molar-refractivity contribution in [1.29, 1.82) is 0 Å². The first-order chi connectivity index (χ1) is 12.8. The lowest BCUT2D eigenvalue weighted by molar-refractivity contribution is -0.127. The molecule has 2 fully saturated rings. The van der Waals surface area contributed by atoms with E-state index in [4.69, 9.17) is 4.74 Å². The molecule has 1 aromatic heterocycles. The second-order valence-corrected chi connectivity index (χ2v) is 7.78. The molecule has 0 radical (unpaired) electrons. The second kappa shape index (κ2) is 8.50. The summed E-state index contributed by atoms with van der Waals surface area (Å²) in [5, 5.41) is 11.2. The van der Waals surface area contributed by atoms with E-state index in [0.717, 1.165) is 83.7 Å². The van der Waals surface area contributed by atoms with Gasteiger partial charge in [0.1, 0.15) is 0 Å². The maximum absolute atomic E-state index is 12.7. The molecule has 1 aromatic rings. The molecule has 0 aromatic carbocycles. The molecule has 2 saturated heterocycles. The van der Waals surface area contributed by atoms with Crippen molar-refractivity contribution >= 4 is 5.91 Å². The fourth-order valence-corrected chi connectivity index (χ4v) is 4.43. The molecule has 1 atom stereocenters. The number of ether oxygens (including phenoxy) is 1. The van der Waals surface area contributed by atoms with Gasteiger partial charge < -0.3 is 15.4 Å². The van der Waals surface area contributed by atoms with Gasteiger partial charge in [-0.1, -0.05) is 0 Å². The number of rotatable bonds is 4. The summed E-state index contributed by atoms with van der Waals surface area (Å²) in [5.74, 6) is 0.289. The fraction of sp³-hybridized carbons (Fsp3) is 0.789. The third kappa shape index (κ3) is 4.27. The lowest BCUT2D eigenvalue weighted by atomic mass is 9.94. The zero-order valence-corrected chi connectivity index (χ0v) is 15.6. The quantitative estimate of drug-likeness (QED) is 0.833. The van der Waals surface area contributed by atoms with E-state index < -0.39 is 0 Å². The minimum Gasteiger partial charge on any atom is -0.381 e. The molecule has 4 rings (SSSR count). The van der Waals surface area contributed by atoms with Crippen LogP contribution < -0.4 is 10.6 Å². The van der Waals surface area contributed by atoms with Gasteiger partial charge in [-0.2, -0.15) is 5.10 Å². The highest BCUT2D eigenvalue weighted by Gasteiger charge is 2.30. The zero-order valence-electron chi connectivity index (χ0n) is 15.6. The monoisotopic (exact) mass is 361 g/mol. The summed E-state index contributed by atoms with van der Waals surface area (Å²) in [7, 11) is 0. The Kier molecular flexibility index (Phi) is 5.87. The molecular formula is C19H31N5O2. The SMILES string of the molecule is O=C(NCc1cc2n(n1)CCCNC2)[C@@H]1CCCN(C2CCOCC2)C1. The minimum atomic E-state index is 0.105. The van der Waals surface area contributed by atoms with Crippen molar-refractivity contribution in [1.82, 2.24) is 25.3 Å². The van der Waals surface area contributed by atoms with Crippen molar-refractivity contribution in [3.05, 3.63) is 17.5 Å². The summed E-state index contributed by atoms with van der Waals surface area (Å²) in [5.41, 5.74) is 2.18. The maximum atomic E-state index is 12.7. The van der Waals surface area contributed by atoms with Crippen molar-refractivity contribution in [3.8, 4) is 0 Å². The predicted molar refractivity (Wildman–Crippen MR) is 98.5 cm³/mol. The summed E-state index contributed by atoms with van der Waals surface area (Å²) in [6.45, 7) is 7.13. The topological polar surface area (TPSA) is 71.4 Å². The van der Waals surface area contributed by atoms with Gasteiger partial charge in [-0.05, 0) is 51.3 Å². The number of nitrogens with one attached hydrogen (secondary N) is 2. The normalized spacial score (nSPS) is 25.5. The molecule has 7 nitrogen and oxygen atoms in total. The Morgan fingerprint density at radius 2 is 2.15 bits per heavy atom. The highest BCUT2D eigenvalue weighted by atomic mass is 16.5. The summed E-state index contributed by atoms with van der Waals surface area (Å²) < 4.78 is 7.55. The Labute approximate surface area is 155 Å². The van der Waals surface area contributed by atoms with E-state index in [-0.39, 0.29) is 11.8 Å². The van der Waals surface area contributed by atoms with E-state index in [2.05, 4.69) is 31.4 Å². The van der Waals surface area contributed by atoms with Gasteiger partial charge in [-0.15, -0.1) is 0 Å². The van der Waals surface area contributed by atoms with Crippen molar-refractivity contribution < 1.29 is 9.53 Å². The molecule has 0 aliphatic carbocycles. The predicted octanol–water partition coefficient (Wildman–Crippen LogP) is 0.884. The number of fused-ring (bicyclic) bond motifs is 1. The molecular weight excluding hydrogens is 330 g/mol. The number of nitrogens with zero attached hydrogens (tertiary/aromatic N) is 3. The first-order valence-corrected chi connectivity index (χ1v) is 10.2. The van der Waals surface area contributed by atoms with Crippen molar-refractivity contribution in [2.75, 3.05) is 32.8 Å². The van der Waals surface area contributed by atoms with Crippen LogP contribution in [0.25, 0.3) is 0 Å². The number of likely N-dealkylation sites (tertiary alicyclic amines) is 1. The molecule has 0 bridgehead atoms. The summed E-state index contributed by atoms with van der Waals surface area (Å²) in [6, 6.07) is 2.71. The van der Waals surface area contributed by atoms with Crippen molar-refractivity contribution in [2.45, 2.75) is 57.8 Å². The first-order valence-electron chi connectivity index (χ1n) is 10.2. The molecule has 0 saturated carbocycles. The van der Waals surface area contributed by atoms with Crippen LogP contribution in [-0.4, -0.2) is 59.5 Å². The molecule has 1 amide bonds. The zero-order chi connectivity index (χ0) is 17.8. The van der Waals surface area contributed by atoms with Crippen molar-refractivity contribution in [2.24, 2.45) is 5.92 Å². The van der Waals surface area contributed by atoms with E-state index in [1.54, 1.807) is 0 Å². The van der Waals surface area contributed by atoms with Gasteiger partial charge in [0, 0.05) is 38.9 Å². The van der Waals surface area contributed by atoms with E-state index >= 15 is 0 Å². The number of amides is 1. The van der Waals surface area contributed by atoms with Crippen molar-refractivity contribution in [3.63, 3.8) is 0 Å². The summed E-state index contributed by atoms with van der Waals surface area (Å²) >= 11 is 0. The second-order valence-electron chi connectivity index (χ2n) is 7.78. The lowest BCUT2D eigenvalue weighted by Crippen LogP contribution is -2.48. The molecule has 0 unspecified atom stereocenters. The molecule has 3 aliphatic heterocycles. The van der Waals surface area contributed by atoms with Crippen LogP contribution in [0, 0.1) is 5.92 Å². The molecule has 7 heteroatoms. The summed E-state index contributed by atoms with van der Waals surface area (Å²) in [6.07, 6.45) is 5.41. The first kappa shape index (κ1) is 17.9. The van der Waals surface area contributed by atoms with Crippen LogP contribution in [0.3, 0.4) is 0 Å². The number of aromatic nitrogens is 2. The Morgan fingerprint density at radius 3 is 3.04 bits per heavy atom. The number of carbonyl (C=O) groups excluding carboxylic acids is 1. The fourth-order valence-electron chi connectivity index (χ4n) is 4.43. The number of piperidine rings is 1. The minimum absolute atomic E-state index is 0.105. The van der Waals surface area contributed by atoms with Crippen LogP contribution in [-0.2, 0) is 29.2 Å². The third-order valence-corrected chi connectivity index (χ3v) is 5.92. The van der Waals surface area contributed by atoms with Crippen LogP contribution >= 0.6 is 0 Å². The molecule has 4 heterocycles. The van der Waals surface area contributed by atoms with Gasteiger partial charge in [0.25, 0.3) is 0 Å². The van der Waals surface area contributed by atoms with Crippen LogP contribution in [0.4, 0.5) is 0 Å². The highest BCUT2D eigenvalue weighted by molar-refractivity contribution is 5.78. The highest BCUT2D eigenvalue weighted by Crippen LogP contribution is 2.23. The largest absolute Gasteiger partial charge is 0.381 e. The Morgan fingerprint density at radius 1 is 1.27 bits per heavy atom. The van der Waals surface area contributed by atoms with Gasteiger partial charge in [0.05, 0.1) is 23.9 Å². The van der Waals surface area contributed by atoms with Gasteiger partial charge in [0.15, 0.2) is 0 Å². The van der Waals surface area contributed by atoms with E-state index in [1.807, 2.05) is 0 Å². The smallest absolute Gasteiger partial charge is 0.224 e. The number of aryl methyl sites for hydroxylation is 1. The van der Waals surface area contributed by atoms with E-state index in [0.29, 0.717) is 12.6 Å². The Balaban J connectivity index is 1.29. The van der Waals surface area contributed by atoms with Crippen LogP contribution in [0.15, 0.2) is 6.07 Å². The number of hydrogen-bond acceptors (Lipinski definition) is 5. The van der Waals surface area contributed by atoms with Gasteiger partial charge in [0.2, 0.25) is 5.91 Å².